The Kier molecular flexibility index (Phi) is 7.11. The summed E-state index contributed by atoms with van der Waals surface area (Å²) in [7, 11) is -3.14. The van der Waals surface area contributed by atoms with E-state index in [2.05, 4.69) is 9.62 Å². The summed E-state index contributed by atoms with van der Waals surface area (Å²) >= 11 is 0. The van der Waals surface area contributed by atoms with Crippen LogP contribution < -0.4 is 9.62 Å². The summed E-state index contributed by atoms with van der Waals surface area (Å²) in [5.74, 6) is 0.620. The van der Waals surface area contributed by atoms with Gasteiger partial charge in [-0.25, -0.2) is 13.1 Å². The van der Waals surface area contributed by atoms with Crippen LogP contribution in [0, 0.1) is 5.92 Å². The first-order valence-corrected chi connectivity index (χ1v) is 12.1. The highest BCUT2D eigenvalue weighted by Crippen LogP contribution is 2.32. The number of sulfonamides is 1. The van der Waals surface area contributed by atoms with Gasteiger partial charge in [0, 0.05) is 37.9 Å². The molecule has 0 amide bonds. The third-order valence-corrected chi connectivity index (χ3v) is 6.75. The zero-order valence-electron chi connectivity index (χ0n) is 16.8. The highest BCUT2D eigenvalue weighted by molar-refractivity contribution is 7.88. The lowest BCUT2D eigenvalue weighted by Gasteiger charge is -2.37. The summed E-state index contributed by atoms with van der Waals surface area (Å²) in [6.45, 7) is 4.15. The molecule has 1 aliphatic heterocycles. The molecule has 9 heteroatoms. The minimum Gasteiger partial charge on any atom is -0.369 e. The topological polar surface area (TPSA) is 52.7 Å². The third kappa shape index (κ3) is 6.86. The van der Waals surface area contributed by atoms with Crippen LogP contribution in [0.3, 0.4) is 0 Å². The van der Waals surface area contributed by atoms with Gasteiger partial charge in [-0.15, -0.1) is 0 Å². The van der Waals surface area contributed by atoms with Crippen molar-refractivity contribution in [3.63, 3.8) is 0 Å². The highest BCUT2D eigenvalue weighted by atomic mass is 32.2. The van der Waals surface area contributed by atoms with E-state index in [-0.39, 0.29) is 6.04 Å². The molecule has 2 fully saturated rings. The summed E-state index contributed by atoms with van der Waals surface area (Å²) in [6, 6.07) is 5.63. The number of hydrogen-bond acceptors (Lipinski definition) is 4. The molecule has 1 saturated carbocycles. The Labute approximate surface area is 171 Å². The van der Waals surface area contributed by atoms with Gasteiger partial charge in [-0.05, 0) is 62.8 Å². The summed E-state index contributed by atoms with van der Waals surface area (Å²) in [5, 5.41) is 0. The molecule has 5 nitrogen and oxygen atoms in total. The zero-order chi connectivity index (χ0) is 21.1. The second-order valence-corrected chi connectivity index (χ2v) is 10.1. The van der Waals surface area contributed by atoms with Crippen LogP contribution in [0.15, 0.2) is 24.3 Å². The average molecular weight is 434 g/mol. The molecule has 0 radical (unpaired) electrons. The van der Waals surface area contributed by atoms with Gasteiger partial charge in [0.2, 0.25) is 10.0 Å². The number of hydrogen-bond donors (Lipinski definition) is 1. The summed E-state index contributed by atoms with van der Waals surface area (Å²) in [4.78, 5) is 4.40. The molecule has 1 aliphatic carbocycles. The molecule has 0 spiro atoms. The molecule has 29 heavy (non-hydrogen) atoms. The van der Waals surface area contributed by atoms with Crippen molar-refractivity contribution in [3.05, 3.63) is 29.8 Å². The number of rotatable bonds is 6. The second-order valence-electron chi connectivity index (χ2n) is 8.27. The summed E-state index contributed by atoms with van der Waals surface area (Å²) in [5.41, 5.74) is 0.0366. The van der Waals surface area contributed by atoms with Crippen LogP contribution in [0.4, 0.5) is 18.9 Å². The minimum absolute atomic E-state index is 0.0669. The summed E-state index contributed by atoms with van der Waals surface area (Å²) in [6.07, 6.45) is 1.85. The Balaban J connectivity index is 1.40. The van der Waals surface area contributed by atoms with Crippen molar-refractivity contribution in [3.8, 4) is 0 Å². The van der Waals surface area contributed by atoms with Crippen molar-refractivity contribution < 1.29 is 21.6 Å². The predicted octanol–water partition coefficient (Wildman–Crippen LogP) is 3.33. The van der Waals surface area contributed by atoms with Gasteiger partial charge >= 0.3 is 6.18 Å². The predicted molar refractivity (Wildman–Crippen MR) is 108 cm³/mol. The van der Waals surface area contributed by atoms with E-state index in [0.717, 1.165) is 70.9 Å². The number of nitrogens with zero attached hydrogens (tertiary/aromatic N) is 2. The monoisotopic (exact) mass is 433 g/mol. The van der Waals surface area contributed by atoms with E-state index < -0.39 is 21.8 Å². The normalized spacial score (nSPS) is 24.6. The molecule has 0 atom stereocenters. The fraction of sp³-hybridized carbons (Fsp3) is 0.700. The first-order valence-electron chi connectivity index (χ1n) is 10.2. The molecule has 2 aliphatic rings. The molecule has 164 valence electrons. The molecular formula is C20H30F3N3O2S. The van der Waals surface area contributed by atoms with E-state index in [9.17, 15) is 21.6 Å². The molecule has 1 N–H and O–H groups in total. The van der Waals surface area contributed by atoms with Crippen LogP contribution in [0.25, 0.3) is 0 Å². The highest BCUT2D eigenvalue weighted by Gasteiger charge is 2.31. The Morgan fingerprint density at radius 2 is 1.72 bits per heavy atom. The van der Waals surface area contributed by atoms with Crippen LogP contribution in [0.2, 0.25) is 0 Å². The van der Waals surface area contributed by atoms with Crippen LogP contribution in [0.1, 0.15) is 37.7 Å². The standard InChI is InChI=1S/C20H30F3N3O2S/c1-29(27,28)24-18-7-5-16(6-8-18)9-10-25-11-13-26(14-12-25)19-4-2-3-17(15-19)20(21,22)23/h2-4,15-16,18,24H,5-14H2,1H3. The van der Waals surface area contributed by atoms with E-state index in [1.54, 1.807) is 6.07 Å². The Morgan fingerprint density at radius 1 is 1.07 bits per heavy atom. The molecule has 1 aromatic rings. The number of anilines is 1. The van der Waals surface area contributed by atoms with Gasteiger partial charge in [0.15, 0.2) is 0 Å². The SMILES string of the molecule is CS(=O)(=O)NC1CCC(CCN2CCN(c3cccc(C(F)(F)F)c3)CC2)CC1. The molecule has 0 aromatic heterocycles. The summed E-state index contributed by atoms with van der Waals surface area (Å²) < 4.78 is 64.1. The van der Waals surface area contributed by atoms with Crippen molar-refractivity contribution in [2.24, 2.45) is 5.92 Å². The smallest absolute Gasteiger partial charge is 0.369 e. The lowest BCUT2D eigenvalue weighted by Crippen LogP contribution is -2.47. The van der Waals surface area contributed by atoms with Gasteiger partial charge in [0.1, 0.15) is 0 Å². The maximum absolute atomic E-state index is 12.9. The van der Waals surface area contributed by atoms with Crippen molar-refractivity contribution in [1.29, 1.82) is 0 Å². The van der Waals surface area contributed by atoms with E-state index in [0.29, 0.717) is 11.6 Å². The fourth-order valence-corrected chi connectivity index (χ4v) is 5.19. The molecule has 1 saturated heterocycles. The van der Waals surface area contributed by atoms with E-state index in [1.807, 2.05) is 4.90 Å². The van der Waals surface area contributed by atoms with Crippen LogP contribution in [-0.2, 0) is 16.2 Å². The maximum Gasteiger partial charge on any atom is 0.416 e. The lowest BCUT2D eigenvalue weighted by molar-refractivity contribution is -0.137. The number of piperazine rings is 1. The Hall–Kier alpha value is -1.32. The maximum atomic E-state index is 12.9. The first-order chi connectivity index (χ1) is 13.6. The number of benzene rings is 1. The number of halogens is 3. The van der Waals surface area contributed by atoms with Gasteiger partial charge in [-0.2, -0.15) is 13.2 Å². The van der Waals surface area contributed by atoms with E-state index >= 15 is 0 Å². The first kappa shape index (κ1) is 22.4. The molecule has 1 aromatic carbocycles. The van der Waals surface area contributed by atoms with Gasteiger partial charge in [-0.1, -0.05) is 6.07 Å². The van der Waals surface area contributed by atoms with Crippen molar-refractivity contribution in [2.75, 3.05) is 43.9 Å². The van der Waals surface area contributed by atoms with Crippen LogP contribution >= 0.6 is 0 Å². The Morgan fingerprint density at radius 3 is 2.31 bits per heavy atom. The van der Waals surface area contributed by atoms with Crippen molar-refractivity contribution >= 4 is 15.7 Å². The molecule has 1 heterocycles. The van der Waals surface area contributed by atoms with Gasteiger partial charge in [0.05, 0.1) is 11.8 Å². The number of alkyl halides is 3. The van der Waals surface area contributed by atoms with Crippen LogP contribution in [-0.4, -0.2) is 58.3 Å². The van der Waals surface area contributed by atoms with Gasteiger partial charge in [0.25, 0.3) is 0 Å². The van der Waals surface area contributed by atoms with E-state index in [4.69, 9.17) is 0 Å². The lowest BCUT2D eigenvalue weighted by atomic mass is 9.84. The average Bonchev–Trinajstić information content (AvgIpc) is 2.66. The Bertz CT molecular complexity index is 769. The van der Waals surface area contributed by atoms with Crippen molar-refractivity contribution in [1.82, 2.24) is 9.62 Å². The molecule has 0 bridgehead atoms. The minimum atomic E-state index is -4.31. The molecule has 0 unspecified atom stereocenters. The zero-order valence-corrected chi connectivity index (χ0v) is 17.6. The quantitative estimate of drug-likeness (QED) is 0.748. The van der Waals surface area contributed by atoms with E-state index in [1.165, 1.54) is 18.4 Å². The van der Waals surface area contributed by atoms with Gasteiger partial charge < -0.3 is 4.90 Å². The third-order valence-electron chi connectivity index (χ3n) is 5.99. The van der Waals surface area contributed by atoms with Crippen LogP contribution in [0.5, 0.6) is 0 Å². The van der Waals surface area contributed by atoms with Crippen molar-refractivity contribution in [2.45, 2.75) is 44.3 Å². The van der Waals surface area contributed by atoms with Gasteiger partial charge in [-0.3, -0.25) is 4.90 Å². The number of nitrogens with one attached hydrogen (secondary N) is 1. The second kappa shape index (κ2) is 9.22. The largest absolute Gasteiger partial charge is 0.416 e. The molecule has 3 rings (SSSR count). The molecular weight excluding hydrogens is 403 g/mol. The fourth-order valence-electron chi connectivity index (χ4n) is 4.35.